The van der Waals surface area contributed by atoms with Crippen LogP contribution in [0.5, 0.6) is 0 Å². The average molecular weight is 394 g/mol. The van der Waals surface area contributed by atoms with Crippen molar-refractivity contribution in [2.24, 2.45) is 0 Å². The molecule has 2 aromatic heterocycles. The van der Waals surface area contributed by atoms with Crippen LogP contribution >= 0.6 is 22.6 Å². The van der Waals surface area contributed by atoms with E-state index in [1.165, 1.54) is 22.1 Å². The third-order valence-electron chi connectivity index (χ3n) is 3.50. The molecule has 0 atom stereocenters. The summed E-state index contributed by atoms with van der Waals surface area (Å²) < 4.78 is 1.17. The zero-order valence-electron chi connectivity index (χ0n) is 12.4. The lowest BCUT2D eigenvalue weighted by Crippen LogP contribution is -2.09. The van der Waals surface area contributed by atoms with Crippen LogP contribution in [0.15, 0.2) is 18.2 Å². The maximum absolute atomic E-state index is 4.79. The van der Waals surface area contributed by atoms with Crippen molar-refractivity contribution in [2.45, 2.75) is 39.0 Å². The van der Waals surface area contributed by atoms with Crippen molar-refractivity contribution < 1.29 is 0 Å². The molecule has 1 fully saturated rings. The maximum atomic E-state index is 4.79. The van der Waals surface area contributed by atoms with E-state index < -0.39 is 0 Å². The van der Waals surface area contributed by atoms with E-state index in [1.807, 2.05) is 25.1 Å². The molecule has 0 aliphatic heterocycles. The number of aromatic nitrogens is 3. The molecule has 0 spiro atoms. The Morgan fingerprint density at radius 3 is 2.71 bits per heavy atom. The molecule has 1 aliphatic carbocycles. The SMILES string of the molecule is CCCNc1nc(-c2cccc(C)n2)nc(C2CC2)c1I. The molecule has 0 amide bonds. The molecule has 1 N–H and O–H groups in total. The third-order valence-corrected chi connectivity index (χ3v) is 4.56. The number of pyridine rings is 1. The minimum absolute atomic E-state index is 0.602. The summed E-state index contributed by atoms with van der Waals surface area (Å²) in [6.07, 6.45) is 3.55. The second-order valence-corrected chi connectivity index (χ2v) is 6.54. The van der Waals surface area contributed by atoms with E-state index >= 15 is 0 Å². The molecular weight excluding hydrogens is 375 g/mol. The zero-order chi connectivity index (χ0) is 14.8. The first-order valence-electron chi connectivity index (χ1n) is 7.44. The van der Waals surface area contributed by atoms with Crippen molar-refractivity contribution in [1.29, 1.82) is 0 Å². The Bertz CT molecular complexity index is 653. The number of hydrogen-bond acceptors (Lipinski definition) is 4. The molecule has 0 bridgehead atoms. The predicted molar refractivity (Wildman–Crippen MR) is 93.5 cm³/mol. The van der Waals surface area contributed by atoms with Crippen LogP contribution in [0.25, 0.3) is 11.5 Å². The molecule has 2 heterocycles. The smallest absolute Gasteiger partial charge is 0.180 e. The van der Waals surface area contributed by atoms with Crippen LogP contribution in [0.3, 0.4) is 0 Å². The Balaban J connectivity index is 2.05. The highest BCUT2D eigenvalue weighted by atomic mass is 127. The van der Waals surface area contributed by atoms with Gasteiger partial charge in [0.1, 0.15) is 11.5 Å². The van der Waals surface area contributed by atoms with E-state index in [4.69, 9.17) is 9.97 Å². The number of aryl methyl sites for hydroxylation is 1. The lowest BCUT2D eigenvalue weighted by molar-refractivity contribution is 0.935. The number of hydrogen-bond donors (Lipinski definition) is 1. The first kappa shape index (κ1) is 14.7. The molecule has 1 saturated carbocycles. The monoisotopic (exact) mass is 394 g/mol. The molecule has 0 unspecified atom stereocenters. The Kier molecular flexibility index (Phi) is 4.37. The van der Waals surface area contributed by atoms with Gasteiger partial charge in [-0.05, 0) is 60.9 Å². The van der Waals surface area contributed by atoms with Crippen LogP contribution in [0.1, 0.15) is 43.5 Å². The van der Waals surface area contributed by atoms with E-state index in [2.05, 4.69) is 39.8 Å². The van der Waals surface area contributed by atoms with Gasteiger partial charge in [0.05, 0.1) is 9.26 Å². The zero-order valence-corrected chi connectivity index (χ0v) is 14.5. The molecule has 110 valence electrons. The van der Waals surface area contributed by atoms with Crippen molar-refractivity contribution in [3.63, 3.8) is 0 Å². The summed E-state index contributed by atoms with van der Waals surface area (Å²) in [4.78, 5) is 14.1. The molecule has 3 rings (SSSR count). The number of anilines is 1. The van der Waals surface area contributed by atoms with Crippen molar-refractivity contribution in [3.05, 3.63) is 33.2 Å². The van der Waals surface area contributed by atoms with Crippen LogP contribution in [-0.4, -0.2) is 21.5 Å². The first-order chi connectivity index (χ1) is 10.2. The van der Waals surface area contributed by atoms with Crippen LogP contribution in [-0.2, 0) is 0 Å². The van der Waals surface area contributed by atoms with Crippen molar-refractivity contribution in [2.75, 3.05) is 11.9 Å². The van der Waals surface area contributed by atoms with Crippen LogP contribution in [0.2, 0.25) is 0 Å². The Hall–Kier alpha value is -1.24. The van der Waals surface area contributed by atoms with Gasteiger partial charge in [0.2, 0.25) is 0 Å². The average Bonchev–Trinajstić information content (AvgIpc) is 3.31. The molecule has 5 heteroatoms. The molecule has 1 aliphatic rings. The van der Waals surface area contributed by atoms with E-state index in [1.54, 1.807) is 0 Å². The minimum atomic E-state index is 0.602. The standard InChI is InChI=1S/C16H19IN4/c1-3-9-18-16-13(17)14(11-7-8-11)20-15(21-16)12-6-4-5-10(2)19-12/h4-6,11H,3,7-9H2,1-2H3,(H,18,20,21). The Morgan fingerprint density at radius 1 is 1.24 bits per heavy atom. The van der Waals surface area contributed by atoms with E-state index in [0.29, 0.717) is 5.92 Å². The fraction of sp³-hybridized carbons (Fsp3) is 0.438. The van der Waals surface area contributed by atoms with Gasteiger partial charge >= 0.3 is 0 Å². The predicted octanol–water partition coefficient (Wildman–Crippen LogP) is 4.15. The van der Waals surface area contributed by atoms with Gasteiger partial charge in [-0.15, -0.1) is 0 Å². The number of halogens is 1. The van der Waals surface area contributed by atoms with Gasteiger partial charge in [0, 0.05) is 18.2 Å². The molecule has 0 radical (unpaired) electrons. The van der Waals surface area contributed by atoms with Gasteiger partial charge in [-0.3, -0.25) is 0 Å². The van der Waals surface area contributed by atoms with Gasteiger partial charge in [-0.1, -0.05) is 13.0 Å². The lowest BCUT2D eigenvalue weighted by Gasteiger charge is -2.12. The van der Waals surface area contributed by atoms with E-state index in [0.717, 1.165) is 36.0 Å². The molecule has 0 saturated heterocycles. The summed E-state index contributed by atoms with van der Waals surface area (Å²) in [5.74, 6) is 2.29. The van der Waals surface area contributed by atoms with Crippen LogP contribution in [0, 0.1) is 10.5 Å². The summed E-state index contributed by atoms with van der Waals surface area (Å²) in [5.41, 5.74) is 3.03. The van der Waals surface area contributed by atoms with Crippen molar-refractivity contribution in [1.82, 2.24) is 15.0 Å². The number of nitrogens with zero attached hydrogens (tertiary/aromatic N) is 3. The van der Waals surface area contributed by atoms with Crippen molar-refractivity contribution >= 4 is 28.4 Å². The van der Waals surface area contributed by atoms with Crippen LogP contribution < -0.4 is 5.32 Å². The molecule has 4 nitrogen and oxygen atoms in total. The third kappa shape index (κ3) is 3.33. The summed E-state index contributed by atoms with van der Waals surface area (Å²) in [5, 5.41) is 3.42. The maximum Gasteiger partial charge on any atom is 0.180 e. The molecule has 21 heavy (non-hydrogen) atoms. The van der Waals surface area contributed by atoms with Crippen molar-refractivity contribution in [3.8, 4) is 11.5 Å². The topological polar surface area (TPSA) is 50.7 Å². The summed E-state index contributed by atoms with van der Waals surface area (Å²) in [6, 6.07) is 5.98. The first-order valence-corrected chi connectivity index (χ1v) is 8.52. The minimum Gasteiger partial charge on any atom is -0.369 e. The summed E-state index contributed by atoms with van der Waals surface area (Å²) in [7, 11) is 0. The Labute approximate surface area is 139 Å². The van der Waals surface area contributed by atoms with E-state index in [-0.39, 0.29) is 0 Å². The second kappa shape index (κ2) is 6.25. The highest BCUT2D eigenvalue weighted by Crippen LogP contribution is 2.42. The molecule has 0 aromatic carbocycles. The second-order valence-electron chi connectivity index (χ2n) is 5.46. The molecule has 2 aromatic rings. The van der Waals surface area contributed by atoms with Crippen LogP contribution in [0.4, 0.5) is 5.82 Å². The van der Waals surface area contributed by atoms with Gasteiger partial charge in [0.15, 0.2) is 5.82 Å². The quantitative estimate of drug-likeness (QED) is 0.775. The Morgan fingerprint density at radius 2 is 2.05 bits per heavy atom. The highest BCUT2D eigenvalue weighted by molar-refractivity contribution is 14.1. The summed E-state index contributed by atoms with van der Waals surface area (Å²) >= 11 is 2.37. The normalized spacial score (nSPS) is 14.2. The van der Waals surface area contributed by atoms with Gasteiger partial charge in [-0.2, -0.15) is 0 Å². The largest absolute Gasteiger partial charge is 0.369 e. The fourth-order valence-corrected chi connectivity index (χ4v) is 3.11. The molecular formula is C16H19IN4. The number of nitrogens with one attached hydrogen (secondary N) is 1. The summed E-state index contributed by atoms with van der Waals surface area (Å²) in [6.45, 7) is 5.08. The fourth-order valence-electron chi connectivity index (χ4n) is 2.23. The van der Waals surface area contributed by atoms with Gasteiger partial charge in [0.25, 0.3) is 0 Å². The number of rotatable bonds is 5. The lowest BCUT2D eigenvalue weighted by atomic mass is 10.2. The van der Waals surface area contributed by atoms with Gasteiger partial charge in [-0.25, -0.2) is 15.0 Å². The van der Waals surface area contributed by atoms with E-state index in [9.17, 15) is 0 Å². The van der Waals surface area contributed by atoms with Gasteiger partial charge < -0.3 is 5.32 Å². The highest BCUT2D eigenvalue weighted by Gasteiger charge is 2.29.